The van der Waals surface area contributed by atoms with Gasteiger partial charge in [0.1, 0.15) is 0 Å². The standard InChI is InChI=1S/C26H22N4O3S/c31-24(27-20-11-9-17-5-4-6-18(17)13-20)15-34-26-29-28-25(30(26)21-7-2-1-3-8-21)19-10-12-22-23(14-19)33-16-32-22/h1-3,7-14H,4-6,15-16H2,(H,27,31). The molecule has 34 heavy (non-hydrogen) atoms. The minimum atomic E-state index is -0.0739. The van der Waals surface area contributed by atoms with Crippen LogP contribution >= 0.6 is 11.8 Å². The van der Waals surface area contributed by atoms with Crippen molar-refractivity contribution in [1.82, 2.24) is 14.8 Å². The molecule has 1 aromatic heterocycles. The van der Waals surface area contributed by atoms with Crippen LogP contribution < -0.4 is 14.8 Å². The number of carbonyl (C=O) groups is 1. The first kappa shape index (κ1) is 20.8. The topological polar surface area (TPSA) is 78.3 Å². The fourth-order valence-corrected chi connectivity index (χ4v) is 5.12. The molecule has 8 heteroatoms. The lowest BCUT2D eigenvalue weighted by atomic mass is 10.1. The van der Waals surface area contributed by atoms with Gasteiger partial charge in [-0.2, -0.15) is 0 Å². The summed E-state index contributed by atoms with van der Waals surface area (Å²) in [7, 11) is 0. The second-order valence-corrected chi connectivity index (χ2v) is 9.16. The Hall–Kier alpha value is -3.78. The van der Waals surface area contributed by atoms with Crippen molar-refractivity contribution in [3.63, 3.8) is 0 Å². The summed E-state index contributed by atoms with van der Waals surface area (Å²) in [5.74, 6) is 2.22. The highest BCUT2D eigenvalue weighted by molar-refractivity contribution is 7.99. The number of nitrogens with zero attached hydrogens (tertiary/aromatic N) is 3. The fourth-order valence-electron chi connectivity index (χ4n) is 4.37. The summed E-state index contributed by atoms with van der Waals surface area (Å²) >= 11 is 1.36. The van der Waals surface area contributed by atoms with E-state index in [0.717, 1.165) is 29.8 Å². The Morgan fingerprint density at radius 1 is 0.941 bits per heavy atom. The summed E-state index contributed by atoms with van der Waals surface area (Å²) in [5, 5.41) is 12.5. The van der Waals surface area contributed by atoms with E-state index in [2.05, 4.69) is 27.6 Å². The summed E-state index contributed by atoms with van der Waals surface area (Å²) in [4.78, 5) is 12.7. The Labute approximate surface area is 201 Å². The highest BCUT2D eigenvalue weighted by atomic mass is 32.2. The second kappa shape index (κ2) is 8.87. The van der Waals surface area contributed by atoms with Crippen molar-refractivity contribution in [2.45, 2.75) is 24.4 Å². The lowest BCUT2D eigenvalue weighted by Gasteiger charge is -2.11. The minimum absolute atomic E-state index is 0.0739. The number of ether oxygens (including phenoxy) is 2. The van der Waals surface area contributed by atoms with Gasteiger partial charge in [0.25, 0.3) is 0 Å². The first-order chi connectivity index (χ1) is 16.7. The van der Waals surface area contributed by atoms with Crippen molar-refractivity contribution < 1.29 is 14.3 Å². The van der Waals surface area contributed by atoms with Gasteiger partial charge in [-0.25, -0.2) is 0 Å². The van der Waals surface area contributed by atoms with Crippen LogP contribution in [0.25, 0.3) is 17.1 Å². The van der Waals surface area contributed by atoms with Crippen LogP contribution in [0.3, 0.4) is 0 Å². The third-order valence-electron chi connectivity index (χ3n) is 5.99. The maximum absolute atomic E-state index is 12.7. The van der Waals surface area contributed by atoms with E-state index in [1.807, 2.05) is 59.2 Å². The monoisotopic (exact) mass is 470 g/mol. The SMILES string of the molecule is O=C(CSc1nnc(-c2ccc3c(c2)OCO3)n1-c1ccccc1)Nc1ccc2c(c1)CCC2. The van der Waals surface area contributed by atoms with Gasteiger partial charge in [0, 0.05) is 16.9 Å². The van der Waals surface area contributed by atoms with E-state index in [0.29, 0.717) is 22.5 Å². The minimum Gasteiger partial charge on any atom is -0.454 e. The number of thioether (sulfide) groups is 1. The van der Waals surface area contributed by atoms with Gasteiger partial charge < -0.3 is 14.8 Å². The number of para-hydroxylation sites is 1. The molecule has 1 N–H and O–H groups in total. The maximum Gasteiger partial charge on any atom is 0.234 e. The van der Waals surface area contributed by atoms with Gasteiger partial charge in [0.05, 0.1) is 5.75 Å². The van der Waals surface area contributed by atoms with Gasteiger partial charge in [0.2, 0.25) is 12.7 Å². The highest BCUT2D eigenvalue weighted by Gasteiger charge is 2.21. The van der Waals surface area contributed by atoms with Crippen molar-refractivity contribution in [3.05, 3.63) is 77.9 Å². The molecule has 0 spiro atoms. The molecule has 0 unspecified atom stereocenters. The van der Waals surface area contributed by atoms with E-state index in [4.69, 9.17) is 9.47 Å². The molecule has 1 aliphatic carbocycles. The zero-order valence-corrected chi connectivity index (χ0v) is 19.2. The van der Waals surface area contributed by atoms with Crippen molar-refractivity contribution in [2.24, 2.45) is 0 Å². The van der Waals surface area contributed by atoms with Gasteiger partial charge in [-0.1, -0.05) is 36.0 Å². The van der Waals surface area contributed by atoms with Crippen LogP contribution in [0.5, 0.6) is 11.5 Å². The van der Waals surface area contributed by atoms with Gasteiger partial charge in [0.15, 0.2) is 22.5 Å². The van der Waals surface area contributed by atoms with E-state index in [9.17, 15) is 4.79 Å². The summed E-state index contributed by atoms with van der Waals surface area (Å²) < 4.78 is 12.9. The molecule has 6 rings (SSSR count). The normalized spacial score (nSPS) is 13.6. The number of hydrogen-bond donors (Lipinski definition) is 1. The summed E-state index contributed by atoms with van der Waals surface area (Å²) in [6.45, 7) is 0.213. The third kappa shape index (κ3) is 4.01. The maximum atomic E-state index is 12.7. The first-order valence-electron chi connectivity index (χ1n) is 11.2. The quantitative estimate of drug-likeness (QED) is 0.405. The van der Waals surface area contributed by atoms with Crippen LogP contribution in [0.15, 0.2) is 71.9 Å². The average Bonchev–Trinajstić information content (AvgIpc) is 3.61. The Morgan fingerprint density at radius 3 is 2.71 bits per heavy atom. The molecule has 170 valence electrons. The largest absolute Gasteiger partial charge is 0.454 e. The molecular formula is C26H22N4O3S. The van der Waals surface area contributed by atoms with Crippen molar-refractivity contribution in [1.29, 1.82) is 0 Å². The number of carbonyl (C=O) groups excluding carboxylic acids is 1. The number of hydrogen-bond acceptors (Lipinski definition) is 6. The number of aryl methyl sites for hydroxylation is 2. The van der Waals surface area contributed by atoms with Gasteiger partial charge in [-0.15, -0.1) is 10.2 Å². The molecule has 2 heterocycles. The number of anilines is 1. The molecule has 0 atom stereocenters. The lowest BCUT2D eigenvalue weighted by Crippen LogP contribution is -2.14. The van der Waals surface area contributed by atoms with E-state index >= 15 is 0 Å². The molecule has 1 amide bonds. The van der Waals surface area contributed by atoms with E-state index in [-0.39, 0.29) is 18.5 Å². The number of fused-ring (bicyclic) bond motifs is 2. The fraction of sp³-hybridized carbons (Fsp3) is 0.192. The molecule has 0 radical (unpaired) electrons. The van der Waals surface area contributed by atoms with Crippen LogP contribution in [0.4, 0.5) is 5.69 Å². The average molecular weight is 471 g/mol. The van der Waals surface area contributed by atoms with Crippen LogP contribution in [0.2, 0.25) is 0 Å². The Morgan fingerprint density at radius 2 is 1.79 bits per heavy atom. The number of benzene rings is 3. The third-order valence-corrected chi connectivity index (χ3v) is 6.92. The lowest BCUT2D eigenvalue weighted by molar-refractivity contribution is -0.113. The molecule has 2 aliphatic rings. The van der Waals surface area contributed by atoms with E-state index in [1.54, 1.807) is 0 Å². The van der Waals surface area contributed by atoms with Gasteiger partial charge in [-0.05, 0) is 72.9 Å². The molecule has 0 saturated heterocycles. The van der Waals surface area contributed by atoms with Crippen LogP contribution in [0, 0.1) is 0 Å². The molecule has 0 saturated carbocycles. The first-order valence-corrected chi connectivity index (χ1v) is 12.2. The van der Waals surface area contributed by atoms with Crippen LogP contribution in [-0.2, 0) is 17.6 Å². The molecule has 3 aromatic carbocycles. The molecule has 0 bridgehead atoms. The zero-order chi connectivity index (χ0) is 22.9. The molecule has 1 aliphatic heterocycles. The summed E-state index contributed by atoms with van der Waals surface area (Å²) in [5.41, 5.74) is 5.34. The van der Waals surface area contributed by atoms with Crippen LogP contribution in [0.1, 0.15) is 17.5 Å². The number of amides is 1. The number of rotatable bonds is 6. The van der Waals surface area contributed by atoms with E-state index in [1.165, 1.54) is 29.3 Å². The van der Waals surface area contributed by atoms with Crippen LogP contribution in [-0.4, -0.2) is 33.2 Å². The number of aromatic nitrogens is 3. The Kier molecular flexibility index (Phi) is 5.43. The summed E-state index contributed by atoms with van der Waals surface area (Å²) in [6.07, 6.45) is 3.39. The molecular weight excluding hydrogens is 448 g/mol. The van der Waals surface area contributed by atoms with Crippen molar-refractivity contribution >= 4 is 23.4 Å². The Balaban J connectivity index is 1.25. The predicted molar refractivity (Wildman–Crippen MR) is 131 cm³/mol. The molecule has 0 fully saturated rings. The zero-order valence-electron chi connectivity index (χ0n) is 18.4. The summed E-state index contributed by atoms with van der Waals surface area (Å²) in [6, 6.07) is 21.8. The van der Waals surface area contributed by atoms with Gasteiger partial charge >= 0.3 is 0 Å². The second-order valence-electron chi connectivity index (χ2n) is 8.22. The Bertz CT molecular complexity index is 1370. The highest BCUT2D eigenvalue weighted by Crippen LogP contribution is 2.37. The predicted octanol–water partition coefficient (Wildman–Crippen LogP) is 4.88. The number of nitrogens with one attached hydrogen (secondary N) is 1. The molecule has 4 aromatic rings. The van der Waals surface area contributed by atoms with Crippen molar-refractivity contribution in [2.75, 3.05) is 17.9 Å². The molecule has 7 nitrogen and oxygen atoms in total. The van der Waals surface area contributed by atoms with E-state index < -0.39 is 0 Å². The van der Waals surface area contributed by atoms with Gasteiger partial charge in [-0.3, -0.25) is 9.36 Å². The smallest absolute Gasteiger partial charge is 0.234 e. The van der Waals surface area contributed by atoms with Crippen molar-refractivity contribution in [3.8, 4) is 28.6 Å².